The molecule has 1 aliphatic heterocycles. The number of hydrogen-bond donors (Lipinski definition) is 1. The molecule has 0 bridgehead atoms. The van der Waals surface area contributed by atoms with Crippen LogP contribution in [0, 0.1) is 0 Å². The Balaban J connectivity index is 2.00. The molecule has 1 N–H and O–H groups in total. The van der Waals surface area contributed by atoms with Crippen LogP contribution in [0.5, 0.6) is 0 Å². The van der Waals surface area contributed by atoms with Crippen molar-refractivity contribution in [1.29, 1.82) is 0 Å². The summed E-state index contributed by atoms with van der Waals surface area (Å²) in [7, 11) is 1.73. The summed E-state index contributed by atoms with van der Waals surface area (Å²) in [4.78, 5) is 25.3. The maximum atomic E-state index is 12.5. The van der Waals surface area contributed by atoms with Crippen LogP contribution in [-0.4, -0.2) is 33.3 Å². The van der Waals surface area contributed by atoms with E-state index < -0.39 is 11.9 Å². The molecule has 2 heterocycles. The predicted molar refractivity (Wildman–Crippen MR) is 71.7 cm³/mol. The largest absolute Gasteiger partial charge is 0.481 e. The van der Waals surface area contributed by atoms with E-state index in [1.54, 1.807) is 42.2 Å². The molecule has 102 valence electrons. The quantitative estimate of drug-likeness (QED) is 0.892. The van der Waals surface area contributed by atoms with E-state index >= 15 is 0 Å². The number of carbonyl (C=O) groups excluding carboxylic acids is 1. The van der Waals surface area contributed by atoms with Crippen molar-refractivity contribution < 1.29 is 14.7 Å². The summed E-state index contributed by atoms with van der Waals surface area (Å²) in [5, 5.41) is 13.3. The van der Waals surface area contributed by atoms with Crippen LogP contribution in [0.4, 0.5) is 5.69 Å². The second kappa shape index (κ2) is 4.48. The van der Waals surface area contributed by atoms with Gasteiger partial charge in [-0.2, -0.15) is 5.10 Å². The Labute approximate surface area is 115 Å². The summed E-state index contributed by atoms with van der Waals surface area (Å²) in [5.74, 6) is -1.82. The highest BCUT2D eigenvalue weighted by molar-refractivity contribution is 6.08. The molecular formula is C14H13N3O3. The van der Waals surface area contributed by atoms with Gasteiger partial charge in [0.25, 0.3) is 5.91 Å². The minimum atomic E-state index is -0.918. The number of fused-ring (bicyclic) bond motifs is 1. The van der Waals surface area contributed by atoms with E-state index in [4.69, 9.17) is 0 Å². The van der Waals surface area contributed by atoms with Crippen LogP contribution >= 0.6 is 0 Å². The van der Waals surface area contributed by atoms with E-state index in [2.05, 4.69) is 5.10 Å². The van der Waals surface area contributed by atoms with E-state index in [0.29, 0.717) is 16.8 Å². The summed E-state index contributed by atoms with van der Waals surface area (Å²) in [6, 6.07) is 7.11. The molecule has 0 saturated heterocycles. The first kappa shape index (κ1) is 12.4. The van der Waals surface area contributed by atoms with Crippen LogP contribution in [0.15, 0.2) is 36.7 Å². The summed E-state index contributed by atoms with van der Waals surface area (Å²) in [5.41, 5.74) is 1.79. The molecule has 1 amide bonds. The first-order chi connectivity index (χ1) is 9.58. The summed E-state index contributed by atoms with van der Waals surface area (Å²) in [6.45, 7) is 0.155. The van der Waals surface area contributed by atoms with Gasteiger partial charge in [0.1, 0.15) is 5.92 Å². The van der Waals surface area contributed by atoms with Crippen LogP contribution in [0.2, 0.25) is 0 Å². The minimum absolute atomic E-state index is 0.155. The number of aromatic nitrogens is 2. The van der Waals surface area contributed by atoms with E-state index in [1.165, 1.54) is 11.1 Å². The van der Waals surface area contributed by atoms with Gasteiger partial charge in [0.05, 0.1) is 11.8 Å². The van der Waals surface area contributed by atoms with E-state index in [-0.39, 0.29) is 12.5 Å². The van der Waals surface area contributed by atoms with Gasteiger partial charge in [-0.25, -0.2) is 0 Å². The molecule has 3 rings (SSSR count). The maximum absolute atomic E-state index is 12.5. The molecule has 1 atom stereocenters. The lowest BCUT2D eigenvalue weighted by Crippen LogP contribution is -2.31. The van der Waals surface area contributed by atoms with Crippen molar-refractivity contribution >= 4 is 17.6 Å². The van der Waals surface area contributed by atoms with Crippen molar-refractivity contribution in [2.45, 2.75) is 5.92 Å². The van der Waals surface area contributed by atoms with Crippen LogP contribution in [0.3, 0.4) is 0 Å². The molecule has 2 aromatic rings. The number of carboxylic acid groups (broad SMARTS) is 1. The molecule has 6 heteroatoms. The zero-order valence-corrected chi connectivity index (χ0v) is 10.9. The van der Waals surface area contributed by atoms with Gasteiger partial charge in [0.15, 0.2) is 0 Å². The van der Waals surface area contributed by atoms with Crippen LogP contribution < -0.4 is 4.90 Å². The lowest BCUT2D eigenvalue weighted by atomic mass is 10.0. The monoisotopic (exact) mass is 271 g/mol. The van der Waals surface area contributed by atoms with Gasteiger partial charge in [0.2, 0.25) is 0 Å². The first-order valence-electron chi connectivity index (χ1n) is 6.20. The second-order valence-electron chi connectivity index (χ2n) is 4.77. The first-order valence-corrected chi connectivity index (χ1v) is 6.20. The highest BCUT2D eigenvalue weighted by atomic mass is 16.4. The van der Waals surface area contributed by atoms with Crippen LogP contribution in [0.25, 0.3) is 0 Å². The SMILES string of the molecule is Cn1cc(C(=O)N2C[C@@H](C(=O)O)c3ccccc32)cn1. The lowest BCUT2D eigenvalue weighted by Gasteiger charge is -2.16. The Morgan fingerprint density at radius 1 is 1.35 bits per heavy atom. The fourth-order valence-electron chi connectivity index (χ4n) is 2.50. The second-order valence-corrected chi connectivity index (χ2v) is 4.77. The fourth-order valence-corrected chi connectivity index (χ4v) is 2.50. The molecule has 6 nitrogen and oxygen atoms in total. The van der Waals surface area contributed by atoms with Gasteiger partial charge in [-0.05, 0) is 11.6 Å². The van der Waals surface area contributed by atoms with Crippen molar-refractivity contribution in [3.8, 4) is 0 Å². The Hall–Kier alpha value is -2.63. The number of nitrogens with zero attached hydrogens (tertiary/aromatic N) is 3. The van der Waals surface area contributed by atoms with Crippen molar-refractivity contribution in [2.75, 3.05) is 11.4 Å². The number of amides is 1. The number of carbonyl (C=O) groups is 2. The summed E-state index contributed by atoms with van der Waals surface area (Å²) >= 11 is 0. The summed E-state index contributed by atoms with van der Waals surface area (Å²) in [6.07, 6.45) is 3.11. The normalized spacial score (nSPS) is 17.1. The number of rotatable bonds is 2. The third kappa shape index (κ3) is 1.85. The van der Waals surface area contributed by atoms with Crippen LogP contribution in [0.1, 0.15) is 21.8 Å². The van der Waals surface area contributed by atoms with E-state index in [9.17, 15) is 14.7 Å². The predicted octanol–water partition coefficient (Wildman–Crippen LogP) is 1.25. The smallest absolute Gasteiger partial charge is 0.312 e. The Bertz CT molecular complexity index is 692. The third-order valence-electron chi connectivity index (χ3n) is 3.46. The number of anilines is 1. The molecule has 1 aliphatic rings. The third-order valence-corrected chi connectivity index (χ3v) is 3.46. The van der Waals surface area contributed by atoms with E-state index in [1.807, 2.05) is 0 Å². The topological polar surface area (TPSA) is 75.4 Å². The van der Waals surface area contributed by atoms with Crippen LogP contribution in [-0.2, 0) is 11.8 Å². The number of para-hydroxylation sites is 1. The number of aryl methyl sites for hydroxylation is 1. The Morgan fingerprint density at radius 3 is 2.75 bits per heavy atom. The average Bonchev–Trinajstić information content (AvgIpc) is 3.02. The van der Waals surface area contributed by atoms with Crippen molar-refractivity contribution in [3.05, 3.63) is 47.8 Å². The number of carboxylic acids is 1. The number of hydrogen-bond acceptors (Lipinski definition) is 3. The molecule has 20 heavy (non-hydrogen) atoms. The van der Waals surface area contributed by atoms with Gasteiger partial charge >= 0.3 is 5.97 Å². The molecule has 0 saturated carbocycles. The van der Waals surface area contributed by atoms with Gasteiger partial charge in [0, 0.05) is 25.5 Å². The fraction of sp³-hybridized carbons (Fsp3) is 0.214. The molecule has 1 aromatic heterocycles. The molecule has 0 fully saturated rings. The highest BCUT2D eigenvalue weighted by Gasteiger charge is 2.36. The average molecular weight is 271 g/mol. The molecule has 1 aromatic carbocycles. The van der Waals surface area contributed by atoms with Gasteiger partial charge in [-0.3, -0.25) is 14.3 Å². The summed E-state index contributed by atoms with van der Waals surface area (Å²) < 4.78 is 1.55. The standard InChI is InChI=1S/C14H13N3O3/c1-16-7-9(6-15-16)13(18)17-8-11(14(19)20)10-4-2-3-5-12(10)17/h2-7,11H,8H2,1H3,(H,19,20)/t11-/m1/s1. The maximum Gasteiger partial charge on any atom is 0.312 e. The van der Waals surface area contributed by atoms with Gasteiger partial charge in [-0.15, -0.1) is 0 Å². The minimum Gasteiger partial charge on any atom is -0.481 e. The van der Waals surface area contributed by atoms with Gasteiger partial charge < -0.3 is 10.0 Å². The molecular weight excluding hydrogens is 258 g/mol. The zero-order valence-electron chi connectivity index (χ0n) is 10.9. The molecule has 0 aliphatic carbocycles. The zero-order chi connectivity index (χ0) is 14.3. The molecule has 0 radical (unpaired) electrons. The van der Waals surface area contributed by atoms with E-state index in [0.717, 1.165) is 0 Å². The Kier molecular flexibility index (Phi) is 2.78. The Morgan fingerprint density at radius 2 is 2.10 bits per heavy atom. The molecule has 0 spiro atoms. The van der Waals surface area contributed by atoms with Crippen molar-refractivity contribution in [3.63, 3.8) is 0 Å². The molecule has 0 unspecified atom stereocenters. The van der Waals surface area contributed by atoms with Crippen molar-refractivity contribution in [2.24, 2.45) is 7.05 Å². The van der Waals surface area contributed by atoms with Crippen molar-refractivity contribution in [1.82, 2.24) is 9.78 Å². The lowest BCUT2D eigenvalue weighted by molar-refractivity contribution is -0.138. The van der Waals surface area contributed by atoms with Gasteiger partial charge in [-0.1, -0.05) is 18.2 Å². The highest BCUT2D eigenvalue weighted by Crippen LogP contribution is 2.36. The number of benzene rings is 1. The number of aliphatic carboxylic acids is 1.